The van der Waals surface area contributed by atoms with E-state index in [-0.39, 0.29) is 6.73 Å². The lowest BCUT2D eigenvalue weighted by Crippen LogP contribution is -2.13. The van der Waals surface area contributed by atoms with Crippen LogP contribution in [0, 0.1) is 6.92 Å². The second kappa shape index (κ2) is 5.74. The number of carbonyl (C=O) groups excluding carboxylic acids is 1. The summed E-state index contributed by atoms with van der Waals surface area (Å²) in [4.78, 5) is 9.90. The highest BCUT2D eigenvalue weighted by Gasteiger charge is 1.92. The predicted molar refractivity (Wildman–Crippen MR) is 55.5 cm³/mol. The van der Waals surface area contributed by atoms with Gasteiger partial charge in [-0.3, -0.25) is 4.79 Å². The third-order valence-corrected chi connectivity index (χ3v) is 1.68. The highest BCUT2D eigenvalue weighted by molar-refractivity contribution is 5.37. The molecule has 0 heterocycles. The monoisotopic (exact) mass is 207 g/mol. The van der Waals surface area contributed by atoms with Gasteiger partial charge < -0.3 is 4.74 Å². The molecule has 1 aromatic carbocycles. The van der Waals surface area contributed by atoms with Crippen LogP contribution in [0.5, 0.6) is 0 Å². The predicted octanol–water partition coefficient (Wildman–Crippen LogP) is 2.06. The minimum atomic E-state index is 0.0961. The van der Waals surface area contributed by atoms with Crippen LogP contribution in [0.1, 0.15) is 5.56 Å². The minimum Gasteiger partial charge on any atom is -0.445 e. The molecule has 0 atom stereocenters. The normalized spacial score (nSPS) is 10.3. The zero-order valence-electron chi connectivity index (χ0n) is 8.75. The first-order valence-corrected chi connectivity index (χ1v) is 4.47. The van der Waals surface area contributed by atoms with Crippen LogP contribution in [0.15, 0.2) is 34.6 Å². The van der Waals surface area contributed by atoms with Gasteiger partial charge in [-0.2, -0.15) is 0 Å². The summed E-state index contributed by atoms with van der Waals surface area (Å²) < 4.78 is 4.49. The van der Waals surface area contributed by atoms with Gasteiger partial charge in [0, 0.05) is 7.05 Å². The molecule has 0 fully saturated rings. The molecule has 0 aliphatic rings. The van der Waals surface area contributed by atoms with Gasteiger partial charge in [0.25, 0.3) is 6.47 Å². The van der Waals surface area contributed by atoms with Crippen molar-refractivity contribution in [3.8, 4) is 0 Å². The van der Waals surface area contributed by atoms with E-state index in [9.17, 15) is 4.79 Å². The first-order chi connectivity index (χ1) is 7.22. The molecule has 0 bridgehead atoms. The van der Waals surface area contributed by atoms with Crippen molar-refractivity contribution in [2.24, 2.45) is 10.3 Å². The molecule has 0 spiro atoms. The van der Waals surface area contributed by atoms with E-state index in [2.05, 4.69) is 15.1 Å². The van der Waals surface area contributed by atoms with E-state index in [1.807, 2.05) is 31.2 Å². The number of aryl methyl sites for hydroxylation is 1. The van der Waals surface area contributed by atoms with E-state index in [1.165, 1.54) is 10.6 Å². The molecule has 0 unspecified atom stereocenters. The van der Waals surface area contributed by atoms with E-state index in [0.717, 1.165) is 5.69 Å². The molecule has 0 amide bonds. The second-order valence-electron chi connectivity index (χ2n) is 3.07. The SMILES string of the molecule is Cc1ccc(/N=N/N(C)COC=O)cc1. The Hall–Kier alpha value is -1.91. The standard InChI is InChI=1S/C10H13N3O2/c1-9-3-5-10(6-4-9)11-12-13(2)7-15-8-14/h3-6,8H,7H2,1-2H3/b12-11+. The average Bonchev–Trinajstić information content (AvgIpc) is 2.25. The van der Waals surface area contributed by atoms with Crippen LogP contribution in [0.4, 0.5) is 5.69 Å². The maximum atomic E-state index is 9.90. The molecule has 80 valence electrons. The molecule has 0 saturated carbocycles. The molecule has 0 saturated heterocycles. The maximum absolute atomic E-state index is 9.90. The lowest BCUT2D eigenvalue weighted by molar-refractivity contribution is -0.132. The molecular weight excluding hydrogens is 194 g/mol. The quantitative estimate of drug-likeness (QED) is 0.321. The van der Waals surface area contributed by atoms with Gasteiger partial charge in [-0.25, -0.2) is 5.01 Å². The third kappa shape index (κ3) is 4.21. The topological polar surface area (TPSA) is 54.3 Å². The van der Waals surface area contributed by atoms with E-state index in [1.54, 1.807) is 7.05 Å². The first kappa shape index (κ1) is 11.2. The van der Waals surface area contributed by atoms with Crippen LogP contribution in [0.25, 0.3) is 0 Å². The van der Waals surface area contributed by atoms with Crippen LogP contribution in [0.3, 0.4) is 0 Å². The highest BCUT2D eigenvalue weighted by atomic mass is 16.5. The summed E-state index contributed by atoms with van der Waals surface area (Å²) in [6, 6.07) is 7.65. The minimum absolute atomic E-state index is 0.0961. The number of hydrogen-bond donors (Lipinski definition) is 0. The van der Waals surface area contributed by atoms with Crippen molar-refractivity contribution in [3.05, 3.63) is 29.8 Å². The van der Waals surface area contributed by atoms with Gasteiger partial charge in [0.05, 0.1) is 5.69 Å². The van der Waals surface area contributed by atoms with Crippen molar-refractivity contribution in [1.29, 1.82) is 0 Å². The summed E-state index contributed by atoms with van der Waals surface area (Å²) in [5.41, 5.74) is 1.94. The van der Waals surface area contributed by atoms with E-state index in [4.69, 9.17) is 0 Å². The van der Waals surface area contributed by atoms with Gasteiger partial charge in [-0.15, -0.1) is 5.11 Å². The van der Waals surface area contributed by atoms with Crippen LogP contribution in [-0.4, -0.2) is 25.3 Å². The first-order valence-electron chi connectivity index (χ1n) is 4.47. The number of rotatable bonds is 5. The summed E-state index contributed by atoms with van der Waals surface area (Å²) in [5, 5.41) is 9.22. The van der Waals surface area contributed by atoms with Crippen LogP contribution >= 0.6 is 0 Å². The molecular formula is C10H13N3O2. The Morgan fingerprint density at radius 2 is 2.07 bits per heavy atom. The Bertz CT molecular complexity index is 335. The van der Waals surface area contributed by atoms with Crippen molar-refractivity contribution in [3.63, 3.8) is 0 Å². The van der Waals surface area contributed by atoms with Crippen molar-refractivity contribution in [2.75, 3.05) is 13.8 Å². The summed E-state index contributed by atoms with van der Waals surface area (Å²) >= 11 is 0. The molecule has 1 rings (SSSR count). The summed E-state index contributed by atoms with van der Waals surface area (Å²) in [5.74, 6) is 0. The average molecular weight is 207 g/mol. The molecule has 5 nitrogen and oxygen atoms in total. The Labute approximate surface area is 88.3 Å². The van der Waals surface area contributed by atoms with Crippen LogP contribution in [0.2, 0.25) is 0 Å². The van der Waals surface area contributed by atoms with Gasteiger partial charge >= 0.3 is 0 Å². The molecule has 0 aromatic heterocycles. The summed E-state index contributed by atoms with van der Waals surface area (Å²) in [6.07, 6.45) is 0. The van der Waals surface area contributed by atoms with Gasteiger partial charge in [0.1, 0.15) is 0 Å². The zero-order valence-corrected chi connectivity index (χ0v) is 8.75. The zero-order chi connectivity index (χ0) is 11.1. The molecule has 5 heteroatoms. The van der Waals surface area contributed by atoms with E-state index >= 15 is 0 Å². The highest BCUT2D eigenvalue weighted by Crippen LogP contribution is 2.12. The lowest BCUT2D eigenvalue weighted by atomic mass is 10.2. The molecule has 0 N–H and O–H groups in total. The smallest absolute Gasteiger partial charge is 0.294 e. The van der Waals surface area contributed by atoms with Gasteiger partial charge in [0.2, 0.25) is 0 Å². The third-order valence-electron chi connectivity index (χ3n) is 1.68. The van der Waals surface area contributed by atoms with Crippen molar-refractivity contribution >= 4 is 12.2 Å². The number of ether oxygens (including phenoxy) is 1. The van der Waals surface area contributed by atoms with Crippen LogP contribution < -0.4 is 0 Å². The molecule has 0 aliphatic carbocycles. The van der Waals surface area contributed by atoms with Crippen molar-refractivity contribution < 1.29 is 9.53 Å². The van der Waals surface area contributed by atoms with Crippen molar-refractivity contribution in [1.82, 2.24) is 5.01 Å². The Morgan fingerprint density at radius 1 is 1.40 bits per heavy atom. The summed E-state index contributed by atoms with van der Waals surface area (Å²) in [7, 11) is 1.67. The fourth-order valence-corrected chi connectivity index (χ4v) is 0.904. The number of hydrogen-bond acceptors (Lipinski definition) is 4. The molecule has 0 radical (unpaired) electrons. The molecule has 15 heavy (non-hydrogen) atoms. The lowest BCUT2D eigenvalue weighted by Gasteiger charge is -2.08. The van der Waals surface area contributed by atoms with E-state index < -0.39 is 0 Å². The molecule has 1 aromatic rings. The Balaban J connectivity index is 2.49. The molecule has 0 aliphatic heterocycles. The second-order valence-corrected chi connectivity index (χ2v) is 3.07. The van der Waals surface area contributed by atoms with Crippen LogP contribution in [-0.2, 0) is 9.53 Å². The number of benzene rings is 1. The van der Waals surface area contributed by atoms with Gasteiger partial charge in [0.15, 0.2) is 6.73 Å². The number of nitrogens with zero attached hydrogens (tertiary/aromatic N) is 3. The number of carbonyl (C=O) groups is 1. The van der Waals surface area contributed by atoms with Gasteiger partial charge in [-0.1, -0.05) is 22.9 Å². The largest absolute Gasteiger partial charge is 0.445 e. The maximum Gasteiger partial charge on any atom is 0.294 e. The van der Waals surface area contributed by atoms with E-state index in [0.29, 0.717) is 6.47 Å². The Kier molecular flexibility index (Phi) is 4.28. The summed E-state index contributed by atoms with van der Waals surface area (Å²) in [6.45, 7) is 2.47. The fourth-order valence-electron chi connectivity index (χ4n) is 0.904. The fraction of sp³-hybridized carbons (Fsp3) is 0.300. The Morgan fingerprint density at radius 3 is 2.67 bits per heavy atom. The van der Waals surface area contributed by atoms with Crippen molar-refractivity contribution in [2.45, 2.75) is 6.92 Å². The van der Waals surface area contributed by atoms with Gasteiger partial charge in [-0.05, 0) is 19.1 Å².